The van der Waals surface area contributed by atoms with Crippen LogP contribution in [-0.2, 0) is 4.79 Å². The van der Waals surface area contributed by atoms with Gasteiger partial charge in [-0.2, -0.15) is 5.26 Å². The normalized spacial score (nSPS) is 15.1. The number of esters is 1. The number of allylic oxidation sites excluding steroid dienone is 1. The van der Waals surface area contributed by atoms with Gasteiger partial charge in [-0.3, -0.25) is 0 Å². The van der Waals surface area contributed by atoms with Gasteiger partial charge in [0.1, 0.15) is 23.1 Å². The topological polar surface area (TPSA) is 85.3 Å². The molecule has 4 rings (SSSR count). The number of fused-ring (bicyclic) bond motifs is 1. The molecule has 5 nitrogen and oxygen atoms in total. The second-order valence-corrected chi connectivity index (χ2v) is 7.80. The molecule has 0 saturated heterocycles. The molecule has 0 bridgehead atoms. The first-order chi connectivity index (χ1) is 15.5. The van der Waals surface area contributed by atoms with Crippen molar-refractivity contribution in [3.63, 3.8) is 0 Å². The summed E-state index contributed by atoms with van der Waals surface area (Å²) in [7, 11) is 0. The number of nitrogens with two attached hydrogens (primary N) is 1. The smallest absolute Gasteiger partial charge is 0.336 e. The summed E-state index contributed by atoms with van der Waals surface area (Å²) in [5.74, 6) is -0.366. The Kier molecular flexibility index (Phi) is 6.18. The molecule has 2 N–H and O–H groups in total. The molecule has 0 radical (unpaired) electrons. The Balaban J connectivity index is 1.61. The van der Waals surface area contributed by atoms with Crippen LogP contribution in [0.25, 0.3) is 6.08 Å². The lowest BCUT2D eigenvalue weighted by Crippen LogP contribution is -2.21. The maximum Gasteiger partial charge on any atom is 0.336 e. The fourth-order valence-corrected chi connectivity index (χ4v) is 3.84. The molecule has 1 aliphatic rings. The molecule has 1 heterocycles. The van der Waals surface area contributed by atoms with Crippen LogP contribution in [0.5, 0.6) is 11.5 Å². The summed E-state index contributed by atoms with van der Waals surface area (Å²) in [6, 6.07) is 21.4. The molecule has 0 saturated carbocycles. The highest BCUT2D eigenvalue weighted by molar-refractivity contribution is 6.32. The lowest BCUT2D eigenvalue weighted by molar-refractivity contribution is -0.128. The van der Waals surface area contributed by atoms with E-state index >= 15 is 0 Å². The maximum atomic E-state index is 12.3. The van der Waals surface area contributed by atoms with Crippen LogP contribution in [0, 0.1) is 11.3 Å². The number of nitrogens with zero attached hydrogens (tertiary/aromatic N) is 1. The zero-order valence-corrected chi connectivity index (χ0v) is 18.1. The molecule has 32 heavy (non-hydrogen) atoms. The number of rotatable bonds is 4. The van der Waals surface area contributed by atoms with Crippen molar-refractivity contribution < 1.29 is 14.3 Å². The van der Waals surface area contributed by atoms with E-state index in [0.717, 1.165) is 5.56 Å². The predicted octanol–water partition coefficient (Wildman–Crippen LogP) is 5.83. The summed E-state index contributed by atoms with van der Waals surface area (Å²) in [5, 5.41) is 10.7. The number of hydrogen-bond acceptors (Lipinski definition) is 5. The molecule has 0 aromatic heterocycles. The monoisotopic (exact) mass is 462 g/mol. The number of carbonyl (C=O) groups is 1. The number of ether oxygens (including phenoxy) is 2. The van der Waals surface area contributed by atoms with Crippen molar-refractivity contribution in [3.05, 3.63) is 111 Å². The van der Waals surface area contributed by atoms with E-state index in [-0.39, 0.29) is 17.2 Å². The highest BCUT2D eigenvalue weighted by Crippen LogP contribution is 2.43. The third kappa shape index (κ3) is 4.47. The Labute approximate surface area is 194 Å². The Morgan fingerprint density at radius 1 is 1.09 bits per heavy atom. The molecule has 3 aromatic carbocycles. The van der Waals surface area contributed by atoms with E-state index in [1.165, 1.54) is 6.08 Å². The minimum absolute atomic E-state index is 0.00735. The second-order valence-electron chi connectivity index (χ2n) is 6.96. The van der Waals surface area contributed by atoms with E-state index in [2.05, 4.69) is 6.07 Å². The van der Waals surface area contributed by atoms with Gasteiger partial charge in [-0.1, -0.05) is 59.6 Å². The van der Waals surface area contributed by atoms with E-state index in [9.17, 15) is 10.1 Å². The van der Waals surface area contributed by atoms with E-state index in [0.29, 0.717) is 26.9 Å². The third-order valence-corrected chi connectivity index (χ3v) is 5.47. The van der Waals surface area contributed by atoms with Gasteiger partial charge in [0.15, 0.2) is 0 Å². The largest absolute Gasteiger partial charge is 0.440 e. The molecule has 0 aliphatic carbocycles. The predicted molar refractivity (Wildman–Crippen MR) is 123 cm³/mol. The zero-order chi connectivity index (χ0) is 22.7. The molecule has 3 aromatic rings. The number of carbonyl (C=O) groups excluding carboxylic acids is 1. The van der Waals surface area contributed by atoms with Crippen molar-refractivity contribution in [2.75, 3.05) is 0 Å². The number of halogens is 2. The molecule has 0 fully saturated rings. The zero-order valence-electron chi connectivity index (χ0n) is 16.6. The minimum atomic E-state index is -0.576. The van der Waals surface area contributed by atoms with E-state index in [4.69, 9.17) is 38.4 Å². The average molecular weight is 463 g/mol. The highest BCUT2D eigenvalue weighted by atomic mass is 35.5. The number of nitriles is 1. The quantitative estimate of drug-likeness (QED) is 0.299. The first kappa shape index (κ1) is 21.5. The van der Waals surface area contributed by atoms with Crippen molar-refractivity contribution in [1.29, 1.82) is 5.26 Å². The first-order valence-corrected chi connectivity index (χ1v) is 10.3. The van der Waals surface area contributed by atoms with Crippen molar-refractivity contribution in [1.82, 2.24) is 0 Å². The Morgan fingerprint density at radius 2 is 1.91 bits per heavy atom. The van der Waals surface area contributed by atoms with Crippen LogP contribution >= 0.6 is 23.2 Å². The maximum absolute atomic E-state index is 12.3. The molecule has 7 heteroatoms. The van der Waals surface area contributed by atoms with E-state index < -0.39 is 11.9 Å². The summed E-state index contributed by atoms with van der Waals surface area (Å²) in [4.78, 5) is 12.3. The fourth-order valence-electron chi connectivity index (χ4n) is 3.45. The highest BCUT2D eigenvalue weighted by Gasteiger charge is 2.31. The fraction of sp³-hybridized carbons (Fsp3) is 0.0400. The average Bonchev–Trinajstić information content (AvgIpc) is 2.77. The second kappa shape index (κ2) is 9.19. The Hall–Kier alpha value is -3.72. The van der Waals surface area contributed by atoms with Crippen LogP contribution in [0.15, 0.2) is 84.3 Å². The summed E-state index contributed by atoms with van der Waals surface area (Å²) >= 11 is 12.2. The minimum Gasteiger partial charge on any atom is -0.440 e. The van der Waals surface area contributed by atoms with Crippen molar-refractivity contribution >= 4 is 35.2 Å². The van der Waals surface area contributed by atoms with Crippen LogP contribution in [-0.4, -0.2) is 5.97 Å². The third-order valence-electron chi connectivity index (χ3n) is 4.90. The molecular formula is C25H16Cl2N2O3. The van der Waals surface area contributed by atoms with E-state index in [1.54, 1.807) is 60.7 Å². The summed E-state index contributed by atoms with van der Waals surface area (Å²) < 4.78 is 11.1. The van der Waals surface area contributed by atoms with Crippen LogP contribution in [0.2, 0.25) is 10.0 Å². The number of hydrogen-bond donors (Lipinski definition) is 1. The first-order valence-electron chi connectivity index (χ1n) is 9.57. The van der Waals surface area contributed by atoms with Crippen molar-refractivity contribution in [2.24, 2.45) is 5.73 Å². The Bertz CT molecular complexity index is 1310. The van der Waals surface area contributed by atoms with Crippen molar-refractivity contribution in [3.8, 4) is 17.6 Å². The summed E-state index contributed by atoms with van der Waals surface area (Å²) in [6.07, 6.45) is 2.87. The standard InChI is InChI=1S/C25H16Cl2N2O3/c26-17-6-3-5-16(12-17)24-19-10-9-18(13-22(19)32-25(29)20(24)14-28)31-23(30)11-8-15-4-1-2-7-21(15)27/h1-13,24H,29H2/b11-8+. The van der Waals surface area contributed by atoms with Gasteiger partial charge in [-0.15, -0.1) is 0 Å². The van der Waals surface area contributed by atoms with Crippen LogP contribution < -0.4 is 15.2 Å². The van der Waals surface area contributed by atoms with Crippen LogP contribution in [0.3, 0.4) is 0 Å². The van der Waals surface area contributed by atoms with Gasteiger partial charge in [0.05, 0.1) is 5.92 Å². The van der Waals surface area contributed by atoms with E-state index in [1.807, 2.05) is 12.1 Å². The SMILES string of the molecule is N#CC1=C(N)Oc2cc(OC(=O)/C=C/c3ccccc3Cl)ccc2C1c1cccc(Cl)c1. The molecule has 158 valence electrons. The van der Waals surface area contributed by atoms with Gasteiger partial charge in [-0.05, 0) is 41.5 Å². The molecule has 1 aliphatic heterocycles. The lowest BCUT2D eigenvalue weighted by Gasteiger charge is -2.26. The van der Waals surface area contributed by atoms with Gasteiger partial charge in [0, 0.05) is 27.8 Å². The summed E-state index contributed by atoms with van der Waals surface area (Å²) in [6.45, 7) is 0. The molecule has 1 unspecified atom stereocenters. The molecule has 0 spiro atoms. The molecular weight excluding hydrogens is 447 g/mol. The van der Waals surface area contributed by atoms with Crippen molar-refractivity contribution in [2.45, 2.75) is 5.92 Å². The number of benzene rings is 3. The van der Waals surface area contributed by atoms with Gasteiger partial charge >= 0.3 is 5.97 Å². The Morgan fingerprint density at radius 3 is 2.66 bits per heavy atom. The van der Waals surface area contributed by atoms with Gasteiger partial charge in [-0.25, -0.2) is 4.79 Å². The van der Waals surface area contributed by atoms with Crippen LogP contribution in [0.4, 0.5) is 0 Å². The molecule has 0 amide bonds. The van der Waals surface area contributed by atoms with Gasteiger partial charge in [0.25, 0.3) is 0 Å². The molecule has 1 atom stereocenters. The summed E-state index contributed by atoms with van der Waals surface area (Å²) in [5.41, 5.74) is 8.52. The van der Waals surface area contributed by atoms with Crippen LogP contribution in [0.1, 0.15) is 22.6 Å². The lowest BCUT2D eigenvalue weighted by atomic mass is 9.83. The van der Waals surface area contributed by atoms with Gasteiger partial charge < -0.3 is 15.2 Å². The van der Waals surface area contributed by atoms with Gasteiger partial charge in [0.2, 0.25) is 5.88 Å².